The Balaban J connectivity index is 2.12. The van der Waals surface area contributed by atoms with Gasteiger partial charge < -0.3 is 4.74 Å². The molecule has 2 aromatic rings. The molecule has 2 aromatic carbocycles. The summed E-state index contributed by atoms with van der Waals surface area (Å²) in [5.41, 5.74) is 1.49. The number of esters is 1. The average Bonchev–Trinajstić information content (AvgIpc) is 2.51. The molecule has 0 amide bonds. The molecule has 0 saturated heterocycles. The second kappa shape index (κ2) is 7.20. The summed E-state index contributed by atoms with van der Waals surface area (Å²) in [5.74, 6) is -0.874. The van der Waals surface area contributed by atoms with Gasteiger partial charge in [0, 0.05) is 6.54 Å². The molecule has 2 rings (SSSR count). The number of hydrogen-bond acceptors (Lipinski definition) is 3. The second-order valence-electron chi connectivity index (χ2n) is 4.50. The summed E-state index contributed by atoms with van der Waals surface area (Å²) in [6, 6.07) is 13.1. The summed E-state index contributed by atoms with van der Waals surface area (Å²) < 4.78 is 18.2. The van der Waals surface area contributed by atoms with Gasteiger partial charge in [0.1, 0.15) is 11.9 Å². The minimum Gasteiger partial charge on any atom is -0.468 e. The molecular weight excluding hydrogens is 293 g/mol. The fourth-order valence-electron chi connectivity index (χ4n) is 1.97. The number of ether oxygens (including phenoxy) is 1. The van der Waals surface area contributed by atoms with E-state index in [2.05, 4.69) is 5.32 Å². The van der Waals surface area contributed by atoms with E-state index in [1.807, 2.05) is 30.3 Å². The van der Waals surface area contributed by atoms with Crippen LogP contribution in [-0.4, -0.2) is 13.1 Å². The van der Waals surface area contributed by atoms with Gasteiger partial charge in [-0.1, -0.05) is 48.0 Å². The highest BCUT2D eigenvalue weighted by atomic mass is 35.5. The summed E-state index contributed by atoms with van der Waals surface area (Å²) in [7, 11) is 1.34. The minimum atomic E-state index is -0.602. The van der Waals surface area contributed by atoms with E-state index in [9.17, 15) is 9.18 Å². The minimum absolute atomic E-state index is 0.0753. The normalized spacial score (nSPS) is 12.0. The lowest BCUT2D eigenvalue weighted by Gasteiger charge is -2.17. The fourth-order valence-corrected chi connectivity index (χ4v) is 2.09. The summed E-state index contributed by atoms with van der Waals surface area (Å²) >= 11 is 5.64. The SMILES string of the molecule is COC(=O)C(NCc1ccc(Cl)c(F)c1)c1ccccc1. The number of benzene rings is 2. The molecule has 1 atom stereocenters. The molecule has 0 bridgehead atoms. The molecule has 0 radical (unpaired) electrons. The van der Waals surface area contributed by atoms with Crippen molar-refractivity contribution >= 4 is 17.6 Å². The molecule has 5 heteroatoms. The van der Waals surface area contributed by atoms with Crippen LogP contribution in [0.1, 0.15) is 17.2 Å². The summed E-state index contributed by atoms with van der Waals surface area (Å²) in [4.78, 5) is 11.9. The molecule has 0 heterocycles. The molecule has 0 spiro atoms. The summed E-state index contributed by atoms with van der Waals surface area (Å²) in [6.45, 7) is 0.322. The third kappa shape index (κ3) is 4.03. The van der Waals surface area contributed by atoms with E-state index in [1.54, 1.807) is 6.07 Å². The van der Waals surface area contributed by atoms with Gasteiger partial charge in [0.15, 0.2) is 0 Å². The average molecular weight is 308 g/mol. The zero-order valence-corrected chi connectivity index (χ0v) is 12.2. The molecule has 21 heavy (non-hydrogen) atoms. The molecule has 110 valence electrons. The van der Waals surface area contributed by atoms with Crippen molar-refractivity contribution in [2.45, 2.75) is 12.6 Å². The summed E-state index contributed by atoms with van der Waals surface area (Å²) in [5, 5.41) is 3.14. The molecule has 0 aromatic heterocycles. The highest BCUT2D eigenvalue weighted by molar-refractivity contribution is 6.30. The van der Waals surface area contributed by atoms with Crippen LogP contribution in [-0.2, 0) is 16.1 Å². The Kier molecular flexibility index (Phi) is 5.31. The molecule has 1 unspecified atom stereocenters. The van der Waals surface area contributed by atoms with Crippen LogP contribution in [0.25, 0.3) is 0 Å². The lowest BCUT2D eigenvalue weighted by Crippen LogP contribution is -2.29. The van der Waals surface area contributed by atoms with Gasteiger partial charge >= 0.3 is 5.97 Å². The van der Waals surface area contributed by atoms with E-state index < -0.39 is 17.8 Å². The van der Waals surface area contributed by atoms with Gasteiger partial charge in [-0.2, -0.15) is 0 Å². The van der Waals surface area contributed by atoms with E-state index >= 15 is 0 Å². The van der Waals surface area contributed by atoms with Crippen LogP contribution < -0.4 is 5.32 Å². The first-order chi connectivity index (χ1) is 10.1. The quantitative estimate of drug-likeness (QED) is 0.859. The van der Waals surface area contributed by atoms with E-state index in [0.29, 0.717) is 12.1 Å². The first-order valence-corrected chi connectivity index (χ1v) is 6.79. The number of rotatable bonds is 5. The Morgan fingerprint density at radius 3 is 2.62 bits per heavy atom. The molecule has 0 aliphatic carbocycles. The number of carbonyl (C=O) groups is 1. The second-order valence-corrected chi connectivity index (χ2v) is 4.90. The monoisotopic (exact) mass is 307 g/mol. The molecule has 0 aliphatic rings. The first kappa shape index (κ1) is 15.5. The van der Waals surface area contributed by atoms with E-state index in [1.165, 1.54) is 19.2 Å². The molecule has 0 saturated carbocycles. The lowest BCUT2D eigenvalue weighted by molar-refractivity contribution is -0.143. The maximum absolute atomic E-state index is 13.4. The lowest BCUT2D eigenvalue weighted by atomic mass is 10.1. The Morgan fingerprint density at radius 1 is 1.29 bits per heavy atom. The van der Waals surface area contributed by atoms with E-state index in [4.69, 9.17) is 16.3 Å². The van der Waals surface area contributed by atoms with Gasteiger partial charge in [-0.3, -0.25) is 5.32 Å². The third-order valence-electron chi connectivity index (χ3n) is 3.06. The predicted octanol–water partition coefficient (Wildman–Crippen LogP) is 3.48. The van der Waals surface area contributed by atoms with Crippen LogP contribution in [0.2, 0.25) is 5.02 Å². The molecule has 0 aliphatic heterocycles. The highest BCUT2D eigenvalue weighted by Crippen LogP contribution is 2.18. The number of carbonyl (C=O) groups excluding carboxylic acids is 1. The Hall–Kier alpha value is -1.91. The van der Waals surface area contributed by atoms with Crippen LogP contribution >= 0.6 is 11.6 Å². The molecular formula is C16H15ClFNO2. The maximum atomic E-state index is 13.4. The summed E-state index contributed by atoms with van der Waals surface area (Å²) in [6.07, 6.45) is 0. The number of methoxy groups -OCH3 is 1. The van der Waals surface area contributed by atoms with Crippen molar-refractivity contribution in [1.82, 2.24) is 5.32 Å². The van der Waals surface area contributed by atoms with Crippen molar-refractivity contribution in [1.29, 1.82) is 0 Å². The Morgan fingerprint density at radius 2 is 2.00 bits per heavy atom. The van der Waals surface area contributed by atoms with E-state index in [0.717, 1.165) is 5.56 Å². The fraction of sp³-hybridized carbons (Fsp3) is 0.188. The Bertz CT molecular complexity index is 619. The third-order valence-corrected chi connectivity index (χ3v) is 3.37. The molecule has 3 nitrogen and oxygen atoms in total. The van der Waals surface area contributed by atoms with Crippen molar-refractivity contribution in [3.8, 4) is 0 Å². The standard InChI is InChI=1S/C16H15ClFNO2/c1-21-16(20)15(12-5-3-2-4-6-12)19-10-11-7-8-13(17)14(18)9-11/h2-9,15,19H,10H2,1H3. The molecule has 1 N–H and O–H groups in total. The van der Waals surface area contributed by atoms with Gasteiger partial charge in [0.25, 0.3) is 0 Å². The van der Waals surface area contributed by atoms with Crippen molar-refractivity contribution in [2.24, 2.45) is 0 Å². The zero-order chi connectivity index (χ0) is 15.2. The van der Waals surface area contributed by atoms with Gasteiger partial charge in [-0.05, 0) is 23.3 Å². The molecule has 0 fully saturated rings. The number of hydrogen-bond donors (Lipinski definition) is 1. The zero-order valence-electron chi connectivity index (χ0n) is 11.5. The van der Waals surface area contributed by atoms with Crippen LogP contribution in [0, 0.1) is 5.82 Å². The van der Waals surface area contributed by atoms with Gasteiger partial charge in [-0.25, -0.2) is 9.18 Å². The highest BCUT2D eigenvalue weighted by Gasteiger charge is 2.20. The van der Waals surface area contributed by atoms with Crippen molar-refractivity contribution in [2.75, 3.05) is 7.11 Å². The Labute approximate surface area is 127 Å². The van der Waals surface area contributed by atoms with Crippen molar-refractivity contribution in [3.63, 3.8) is 0 Å². The first-order valence-electron chi connectivity index (χ1n) is 6.42. The van der Waals surface area contributed by atoms with Gasteiger partial charge in [0.2, 0.25) is 0 Å². The maximum Gasteiger partial charge on any atom is 0.327 e. The topological polar surface area (TPSA) is 38.3 Å². The largest absolute Gasteiger partial charge is 0.468 e. The van der Waals surface area contributed by atoms with Crippen molar-refractivity contribution in [3.05, 3.63) is 70.5 Å². The predicted molar refractivity (Wildman–Crippen MR) is 79.4 cm³/mol. The van der Waals surface area contributed by atoms with Crippen LogP contribution in [0.3, 0.4) is 0 Å². The number of nitrogens with one attached hydrogen (secondary N) is 1. The van der Waals surface area contributed by atoms with Crippen LogP contribution in [0.15, 0.2) is 48.5 Å². The number of halogens is 2. The van der Waals surface area contributed by atoms with Crippen LogP contribution in [0.4, 0.5) is 4.39 Å². The van der Waals surface area contributed by atoms with Gasteiger partial charge in [-0.15, -0.1) is 0 Å². The van der Waals surface area contributed by atoms with E-state index in [-0.39, 0.29) is 5.02 Å². The van der Waals surface area contributed by atoms with Crippen molar-refractivity contribution < 1.29 is 13.9 Å². The van der Waals surface area contributed by atoms with Gasteiger partial charge in [0.05, 0.1) is 12.1 Å². The smallest absolute Gasteiger partial charge is 0.327 e. The van der Waals surface area contributed by atoms with Crippen LogP contribution in [0.5, 0.6) is 0 Å².